The summed E-state index contributed by atoms with van der Waals surface area (Å²) < 4.78 is 0.740. The number of nitrogens with zero attached hydrogens (tertiary/aromatic N) is 2. The van der Waals surface area contributed by atoms with Crippen LogP contribution in [0.2, 0.25) is 0 Å². The van der Waals surface area contributed by atoms with Crippen LogP contribution in [0.15, 0.2) is 37.8 Å². The molecule has 0 bridgehead atoms. The summed E-state index contributed by atoms with van der Waals surface area (Å²) in [5.41, 5.74) is 1.51. The van der Waals surface area contributed by atoms with Crippen molar-refractivity contribution in [3.8, 4) is 0 Å². The summed E-state index contributed by atoms with van der Waals surface area (Å²) in [6.45, 7) is 8.82. The van der Waals surface area contributed by atoms with Crippen LogP contribution in [0.25, 0.3) is 0 Å². The Morgan fingerprint density at radius 2 is 1.72 bits per heavy atom. The van der Waals surface area contributed by atoms with Gasteiger partial charge in [0.25, 0.3) is 11.8 Å². The first kappa shape index (κ1) is 18.5. The number of thiocarbonyl (C=S) groups is 1. The molecule has 0 spiro atoms. The van der Waals surface area contributed by atoms with E-state index in [1.165, 1.54) is 38.9 Å². The molecule has 2 aliphatic rings. The molecule has 0 N–H and O–H groups in total. The van der Waals surface area contributed by atoms with Crippen LogP contribution < -0.4 is 0 Å². The van der Waals surface area contributed by atoms with Crippen molar-refractivity contribution in [2.24, 2.45) is 0 Å². The molecule has 3 rings (SSSR count). The predicted molar refractivity (Wildman–Crippen MR) is 107 cm³/mol. The van der Waals surface area contributed by atoms with Gasteiger partial charge in [-0.25, -0.2) is 0 Å². The van der Waals surface area contributed by atoms with E-state index in [4.69, 9.17) is 12.2 Å². The van der Waals surface area contributed by atoms with Crippen molar-refractivity contribution in [3.63, 3.8) is 0 Å². The summed E-state index contributed by atoms with van der Waals surface area (Å²) in [5.74, 6) is -0.618. The first-order chi connectivity index (χ1) is 11.6. The number of thioether (sulfide) groups is 2. The van der Waals surface area contributed by atoms with Gasteiger partial charge in [0.1, 0.15) is 5.57 Å². The maximum atomic E-state index is 12.8. The average Bonchev–Trinajstić information content (AvgIpc) is 2.95. The molecule has 0 atom stereocenters. The van der Waals surface area contributed by atoms with Crippen molar-refractivity contribution in [3.05, 3.63) is 33.6 Å². The highest BCUT2D eigenvalue weighted by Gasteiger charge is 2.40. The summed E-state index contributed by atoms with van der Waals surface area (Å²) in [7, 11) is 1.62. The standard InChI is InChI=1S/C18H20N2O2S3/c1-6-20-15(22)13(14(21)19(5)17(20)23)16-24-11-8-7-10(18(2,3)4)9-12(11)25-16/h7-9H,6H2,1-5H3/b16-13-. The van der Waals surface area contributed by atoms with Crippen LogP contribution in [-0.4, -0.2) is 40.3 Å². The van der Waals surface area contributed by atoms with Crippen molar-refractivity contribution in [2.45, 2.75) is 42.9 Å². The molecule has 0 unspecified atom stereocenters. The maximum Gasteiger partial charge on any atom is 0.267 e. The summed E-state index contributed by atoms with van der Waals surface area (Å²) in [6.07, 6.45) is 0. The zero-order valence-electron chi connectivity index (χ0n) is 14.9. The SMILES string of the molecule is CCN1C(=O)/C(=C2/Sc3ccc(C(C)(C)C)cc3S2)C(=O)N(C)C1=S. The Bertz CT molecular complexity index is 824. The van der Waals surface area contributed by atoms with Gasteiger partial charge in [-0.3, -0.25) is 19.4 Å². The van der Waals surface area contributed by atoms with Crippen molar-refractivity contribution in [1.29, 1.82) is 0 Å². The lowest BCUT2D eigenvalue weighted by Crippen LogP contribution is -2.54. The third kappa shape index (κ3) is 3.13. The van der Waals surface area contributed by atoms with E-state index in [-0.39, 0.29) is 27.9 Å². The van der Waals surface area contributed by atoms with Gasteiger partial charge in [0.15, 0.2) is 5.11 Å². The van der Waals surface area contributed by atoms with Crippen LogP contribution in [0.4, 0.5) is 0 Å². The number of amides is 2. The third-order valence-corrected chi connectivity index (χ3v) is 7.27. The molecule has 2 aliphatic heterocycles. The van der Waals surface area contributed by atoms with Crippen LogP contribution >= 0.6 is 35.7 Å². The Labute approximate surface area is 162 Å². The number of carbonyl (C=O) groups excluding carboxylic acids is 2. The molecule has 1 saturated heterocycles. The minimum absolute atomic E-state index is 0.0536. The molecule has 2 heterocycles. The molecule has 0 radical (unpaired) electrons. The summed E-state index contributed by atoms with van der Waals surface area (Å²) >= 11 is 8.22. The number of carbonyl (C=O) groups is 2. The number of benzene rings is 1. The zero-order chi connectivity index (χ0) is 18.5. The molecule has 4 nitrogen and oxygen atoms in total. The van der Waals surface area contributed by atoms with Crippen molar-refractivity contribution in [1.82, 2.24) is 9.80 Å². The Kier molecular flexibility index (Phi) is 4.77. The molecule has 132 valence electrons. The van der Waals surface area contributed by atoms with Gasteiger partial charge in [0.2, 0.25) is 0 Å². The second-order valence-electron chi connectivity index (χ2n) is 6.97. The van der Waals surface area contributed by atoms with Gasteiger partial charge in [-0.05, 0) is 42.3 Å². The van der Waals surface area contributed by atoms with Crippen molar-refractivity contribution < 1.29 is 9.59 Å². The number of hydrogen-bond acceptors (Lipinski definition) is 5. The van der Waals surface area contributed by atoms with Gasteiger partial charge in [0, 0.05) is 23.4 Å². The van der Waals surface area contributed by atoms with Crippen LogP contribution in [-0.2, 0) is 15.0 Å². The van der Waals surface area contributed by atoms with E-state index < -0.39 is 0 Å². The fourth-order valence-electron chi connectivity index (χ4n) is 2.66. The summed E-state index contributed by atoms with van der Waals surface area (Å²) in [6, 6.07) is 6.35. The Balaban J connectivity index is 2.02. The van der Waals surface area contributed by atoms with Crippen LogP contribution in [0.3, 0.4) is 0 Å². The van der Waals surface area contributed by atoms with E-state index >= 15 is 0 Å². The average molecular weight is 393 g/mol. The van der Waals surface area contributed by atoms with Gasteiger partial charge < -0.3 is 0 Å². The van der Waals surface area contributed by atoms with E-state index in [1.54, 1.807) is 7.05 Å². The molecule has 25 heavy (non-hydrogen) atoms. The molecule has 7 heteroatoms. The third-order valence-electron chi connectivity index (χ3n) is 4.23. The molecular weight excluding hydrogens is 372 g/mol. The molecular formula is C18H20N2O2S3. The molecule has 0 aliphatic carbocycles. The number of likely N-dealkylation sites (N-methyl/N-ethyl adjacent to an activating group) is 2. The first-order valence-corrected chi connectivity index (χ1v) is 10.1. The molecule has 0 saturated carbocycles. The first-order valence-electron chi connectivity index (χ1n) is 8.03. The predicted octanol–water partition coefficient (Wildman–Crippen LogP) is 4.00. The van der Waals surface area contributed by atoms with Crippen LogP contribution in [0.5, 0.6) is 0 Å². The Morgan fingerprint density at radius 1 is 1.08 bits per heavy atom. The minimum atomic E-state index is -0.321. The lowest BCUT2D eigenvalue weighted by Gasteiger charge is -2.34. The molecule has 1 aromatic carbocycles. The van der Waals surface area contributed by atoms with E-state index in [0.29, 0.717) is 6.54 Å². The van der Waals surface area contributed by atoms with E-state index in [0.717, 1.165) is 14.0 Å². The number of fused-ring (bicyclic) bond motifs is 1. The molecule has 2 amide bonds. The number of hydrogen-bond donors (Lipinski definition) is 0. The van der Waals surface area contributed by atoms with Gasteiger partial charge in [-0.2, -0.15) is 0 Å². The highest BCUT2D eigenvalue weighted by Crippen LogP contribution is 2.53. The number of rotatable bonds is 1. The highest BCUT2D eigenvalue weighted by molar-refractivity contribution is 8.24. The van der Waals surface area contributed by atoms with E-state index in [9.17, 15) is 9.59 Å². The topological polar surface area (TPSA) is 40.6 Å². The van der Waals surface area contributed by atoms with Crippen molar-refractivity contribution in [2.75, 3.05) is 13.6 Å². The fourth-order valence-corrected chi connectivity index (χ4v) is 5.52. The quantitative estimate of drug-likeness (QED) is 0.410. The Hall–Kier alpha value is -1.31. The Morgan fingerprint density at radius 3 is 2.32 bits per heavy atom. The molecule has 1 aromatic rings. The minimum Gasteiger partial charge on any atom is -0.288 e. The van der Waals surface area contributed by atoms with Gasteiger partial charge in [-0.1, -0.05) is 50.4 Å². The normalized spacial score (nSPS) is 21.2. The highest BCUT2D eigenvalue weighted by atomic mass is 32.2. The summed E-state index contributed by atoms with van der Waals surface area (Å²) in [4.78, 5) is 30.5. The second kappa shape index (κ2) is 6.45. The molecule has 1 fully saturated rings. The van der Waals surface area contributed by atoms with E-state index in [2.05, 4.69) is 39.0 Å². The molecule has 0 aromatic heterocycles. The zero-order valence-corrected chi connectivity index (χ0v) is 17.3. The van der Waals surface area contributed by atoms with Crippen molar-refractivity contribution >= 4 is 52.7 Å². The second-order valence-corrected chi connectivity index (χ2v) is 9.70. The van der Waals surface area contributed by atoms with Crippen LogP contribution in [0.1, 0.15) is 33.3 Å². The van der Waals surface area contributed by atoms with Gasteiger partial charge in [-0.15, -0.1) is 0 Å². The summed E-state index contributed by atoms with van der Waals surface area (Å²) in [5, 5.41) is 0.266. The van der Waals surface area contributed by atoms with E-state index in [1.807, 2.05) is 6.92 Å². The maximum absolute atomic E-state index is 12.8. The van der Waals surface area contributed by atoms with Gasteiger partial charge in [0.05, 0.1) is 4.24 Å². The lowest BCUT2D eigenvalue weighted by molar-refractivity contribution is -0.133. The largest absolute Gasteiger partial charge is 0.288 e. The monoisotopic (exact) mass is 392 g/mol. The smallest absolute Gasteiger partial charge is 0.267 e. The fraction of sp³-hybridized carbons (Fsp3) is 0.389. The van der Waals surface area contributed by atoms with Gasteiger partial charge >= 0.3 is 0 Å². The lowest BCUT2D eigenvalue weighted by atomic mass is 9.87. The van der Waals surface area contributed by atoms with Crippen LogP contribution in [0, 0.1) is 0 Å².